The van der Waals surface area contributed by atoms with Crippen LogP contribution in [0, 0.1) is 6.92 Å². The molecule has 1 aromatic carbocycles. The van der Waals surface area contributed by atoms with Crippen LogP contribution in [-0.2, 0) is 11.3 Å². The number of aliphatic hydroxyl groups excluding tert-OH is 1. The van der Waals surface area contributed by atoms with Crippen molar-refractivity contribution in [1.82, 2.24) is 4.57 Å². The molecule has 0 fully saturated rings. The van der Waals surface area contributed by atoms with Crippen LogP contribution in [0.4, 0.5) is 0 Å². The molecule has 2 aromatic rings. The fourth-order valence-corrected chi connectivity index (χ4v) is 2.05. The Kier molecular flexibility index (Phi) is 2.90. The predicted molar refractivity (Wildman–Crippen MR) is 64.9 cm³/mol. The zero-order chi connectivity index (χ0) is 12.6. The van der Waals surface area contributed by atoms with Gasteiger partial charge in [-0.3, -0.25) is 0 Å². The van der Waals surface area contributed by atoms with Crippen LogP contribution in [-0.4, -0.2) is 20.7 Å². The number of carbonyl (C=O) groups is 1. The quantitative estimate of drug-likeness (QED) is 0.853. The third kappa shape index (κ3) is 1.91. The molecule has 2 N–H and O–H groups in total. The molecule has 1 unspecified atom stereocenters. The minimum atomic E-state index is -1.47. The van der Waals surface area contributed by atoms with Crippen LogP contribution in [0.3, 0.4) is 0 Å². The second kappa shape index (κ2) is 4.22. The minimum absolute atomic E-state index is 0.457. The molecular weight excluding hydrogens is 218 g/mol. The fourth-order valence-electron chi connectivity index (χ4n) is 2.05. The Morgan fingerprint density at radius 2 is 2.18 bits per heavy atom. The molecule has 0 saturated heterocycles. The number of carboxylic acid groups (broad SMARTS) is 1. The van der Waals surface area contributed by atoms with Crippen molar-refractivity contribution in [3.63, 3.8) is 0 Å². The first-order chi connectivity index (χ1) is 8.04. The zero-order valence-corrected chi connectivity index (χ0v) is 9.84. The minimum Gasteiger partial charge on any atom is -0.479 e. The maximum Gasteiger partial charge on any atom is 0.337 e. The Hall–Kier alpha value is -1.81. The average molecular weight is 233 g/mol. The highest BCUT2D eigenvalue weighted by atomic mass is 16.4. The van der Waals surface area contributed by atoms with Crippen LogP contribution in [0.15, 0.2) is 24.4 Å². The highest BCUT2D eigenvalue weighted by molar-refractivity contribution is 5.89. The van der Waals surface area contributed by atoms with Gasteiger partial charge in [0.2, 0.25) is 0 Å². The molecule has 0 spiro atoms. The number of aryl methyl sites for hydroxylation is 2. The lowest BCUT2D eigenvalue weighted by Gasteiger charge is -2.03. The lowest BCUT2D eigenvalue weighted by Crippen LogP contribution is -2.09. The van der Waals surface area contributed by atoms with E-state index in [1.54, 1.807) is 6.20 Å². The largest absolute Gasteiger partial charge is 0.479 e. The van der Waals surface area contributed by atoms with Crippen LogP contribution in [0.2, 0.25) is 0 Å². The second-order valence-electron chi connectivity index (χ2n) is 4.13. The van der Waals surface area contributed by atoms with Gasteiger partial charge in [0.15, 0.2) is 6.10 Å². The first-order valence-electron chi connectivity index (χ1n) is 5.55. The van der Waals surface area contributed by atoms with E-state index in [4.69, 9.17) is 5.11 Å². The summed E-state index contributed by atoms with van der Waals surface area (Å²) < 4.78 is 1.94. The second-order valence-corrected chi connectivity index (χ2v) is 4.13. The molecule has 2 rings (SSSR count). The molecule has 4 heteroatoms. The molecule has 17 heavy (non-hydrogen) atoms. The molecule has 0 bridgehead atoms. The standard InChI is InChI=1S/C13H15NO3/c1-3-14-7-10(12(15)13(16)17)9-6-8(2)4-5-11(9)14/h4-7,12,15H,3H2,1-2H3,(H,16,17). The van der Waals surface area contributed by atoms with Crippen LogP contribution in [0.1, 0.15) is 24.2 Å². The molecule has 90 valence electrons. The highest BCUT2D eigenvalue weighted by Gasteiger charge is 2.21. The van der Waals surface area contributed by atoms with Gasteiger partial charge in [-0.1, -0.05) is 11.6 Å². The van der Waals surface area contributed by atoms with Crippen molar-refractivity contribution in [2.45, 2.75) is 26.5 Å². The third-order valence-corrected chi connectivity index (χ3v) is 2.94. The number of rotatable bonds is 3. The number of hydrogen-bond donors (Lipinski definition) is 2. The van der Waals surface area contributed by atoms with E-state index in [9.17, 15) is 9.90 Å². The summed E-state index contributed by atoms with van der Waals surface area (Å²) in [6.45, 7) is 4.67. The van der Waals surface area contributed by atoms with Gasteiger partial charge in [-0.2, -0.15) is 0 Å². The maximum atomic E-state index is 10.9. The normalized spacial score (nSPS) is 12.9. The Morgan fingerprint density at radius 1 is 1.47 bits per heavy atom. The van der Waals surface area contributed by atoms with Crippen LogP contribution < -0.4 is 0 Å². The van der Waals surface area contributed by atoms with E-state index in [0.29, 0.717) is 5.56 Å². The molecular formula is C13H15NO3. The van der Waals surface area contributed by atoms with Gasteiger partial charge in [-0.15, -0.1) is 0 Å². The molecule has 1 aromatic heterocycles. The van der Waals surface area contributed by atoms with Gasteiger partial charge in [-0.25, -0.2) is 4.79 Å². The summed E-state index contributed by atoms with van der Waals surface area (Å²) in [5, 5.41) is 19.4. The van der Waals surface area contributed by atoms with Crippen molar-refractivity contribution in [2.75, 3.05) is 0 Å². The molecule has 0 aliphatic rings. The van der Waals surface area contributed by atoms with E-state index in [0.717, 1.165) is 23.0 Å². The van der Waals surface area contributed by atoms with Crippen LogP contribution >= 0.6 is 0 Å². The van der Waals surface area contributed by atoms with Crippen molar-refractivity contribution in [3.05, 3.63) is 35.5 Å². The van der Waals surface area contributed by atoms with Crippen LogP contribution in [0.25, 0.3) is 10.9 Å². The first-order valence-corrected chi connectivity index (χ1v) is 5.55. The smallest absolute Gasteiger partial charge is 0.337 e. The Bertz CT molecular complexity index is 571. The number of nitrogens with zero attached hydrogens (tertiary/aromatic N) is 1. The van der Waals surface area contributed by atoms with Gasteiger partial charge in [0.25, 0.3) is 0 Å². The van der Waals surface area contributed by atoms with E-state index >= 15 is 0 Å². The molecule has 0 radical (unpaired) electrons. The third-order valence-electron chi connectivity index (χ3n) is 2.94. The fraction of sp³-hybridized carbons (Fsp3) is 0.308. The number of aromatic nitrogens is 1. The van der Waals surface area contributed by atoms with Gasteiger partial charge in [0, 0.05) is 29.2 Å². The number of fused-ring (bicyclic) bond motifs is 1. The van der Waals surface area contributed by atoms with Crippen molar-refractivity contribution < 1.29 is 15.0 Å². The predicted octanol–water partition coefficient (Wildman–Crippen LogP) is 2.09. The van der Waals surface area contributed by atoms with Crippen LogP contribution in [0.5, 0.6) is 0 Å². The summed E-state index contributed by atoms with van der Waals surface area (Å²) in [5.41, 5.74) is 2.46. The van der Waals surface area contributed by atoms with Gasteiger partial charge in [0.05, 0.1) is 0 Å². The SMILES string of the molecule is CCn1cc(C(O)C(=O)O)c2cc(C)ccc21. The average Bonchev–Trinajstić information content (AvgIpc) is 2.65. The van der Waals surface area contributed by atoms with Crippen molar-refractivity contribution in [3.8, 4) is 0 Å². The molecule has 0 saturated carbocycles. The van der Waals surface area contributed by atoms with Gasteiger partial charge in [-0.05, 0) is 26.0 Å². The van der Waals surface area contributed by atoms with E-state index < -0.39 is 12.1 Å². The van der Waals surface area contributed by atoms with E-state index in [2.05, 4.69) is 0 Å². The Labute approximate surface area is 99.1 Å². The van der Waals surface area contributed by atoms with Gasteiger partial charge in [0.1, 0.15) is 0 Å². The van der Waals surface area contributed by atoms with E-state index in [-0.39, 0.29) is 0 Å². The summed E-state index contributed by atoms with van der Waals surface area (Å²) in [7, 11) is 0. The van der Waals surface area contributed by atoms with Gasteiger partial charge < -0.3 is 14.8 Å². The first kappa shape index (κ1) is 11.7. The topological polar surface area (TPSA) is 62.5 Å². The van der Waals surface area contributed by atoms with Crippen molar-refractivity contribution in [2.24, 2.45) is 0 Å². The zero-order valence-electron chi connectivity index (χ0n) is 9.84. The molecule has 1 atom stereocenters. The summed E-state index contributed by atoms with van der Waals surface area (Å²) in [5.74, 6) is -1.22. The summed E-state index contributed by atoms with van der Waals surface area (Å²) in [6, 6.07) is 5.83. The summed E-state index contributed by atoms with van der Waals surface area (Å²) in [4.78, 5) is 10.9. The number of carboxylic acids is 1. The van der Waals surface area contributed by atoms with Crippen molar-refractivity contribution >= 4 is 16.9 Å². The molecule has 0 amide bonds. The van der Waals surface area contributed by atoms with Gasteiger partial charge >= 0.3 is 5.97 Å². The molecule has 4 nitrogen and oxygen atoms in total. The molecule has 0 aliphatic carbocycles. The number of benzene rings is 1. The monoisotopic (exact) mass is 233 g/mol. The van der Waals surface area contributed by atoms with E-state index in [1.165, 1.54) is 0 Å². The number of hydrogen-bond acceptors (Lipinski definition) is 2. The lowest BCUT2D eigenvalue weighted by atomic mass is 10.1. The summed E-state index contributed by atoms with van der Waals surface area (Å²) in [6.07, 6.45) is 0.246. The highest BCUT2D eigenvalue weighted by Crippen LogP contribution is 2.27. The van der Waals surface area contributed by atoms with Crippen molar-refractivity contribution in [1.29, 1.82) is 0 Å². The number of aliphatic carboxylic acids is 1. The summed E-state index contributed by atoms with van der Waals surface area (Å²) >= 11 is 0. The lowest BCUT2D eigenvalue weighted by molar-refractivity contribution is -0.146. The number of aliphatic hydroxyl groups is 1. The Morgan fingerprint density at radius 3 is 2.76 bits per heavy atom. The maximum absolute atomic E-state index is 10.9. The molecule has 0 aliphatic heterocycles. The Balaban J connectivity index is 2.70. The molecule has 1 heterocycles. The van der Waals surface area contributed by atoms with E-state index in [1.807, 2.05) is 36.6 Å².